The van der Waals surface area contributed by atoms with Gasteiger partial charge >= 0.3 is 12.2 Å². The number of aliphatic imine (C=N–C) groups is 1. The molecular formula is C18H13ClF3N3O2S. The number of fused-ring (bicyclic) bond motifs is 3. The maximum Gasteiger partial charge on any atom is 0.436 e. The van der Waals surface area contributed by atoms with Gasteiger partial charge in [0.15, 0.2) is 5.17 Å². The molecule has 1 N–H and O–H groups in total. The van der Waals surface area contributed by atoms with Crippen molar-refractivity contribution in [2.75, 3.05) is 11.5 Å². The van der Waals surface area contributed by atoms with E-state index in [1.54, 1.807) is 18.2 Å². The second-order valence-corrected chi connectivity index (χ2v) is 7.49. The molecule has 0 spiro atoms. The Morgan fingerprint density at radius 3 is 2.61 bits per heavy atom. The fourth-order valence-electron chi connectivity index (χ4n) is 3.04. The lowest BCUT2D eigenvalue weighted by Crippen LogP contribution is -2.62. The Morgan fingerprint density at radius 1 is 1.25 bits per heavy atom. The Bertz CT molecular complexity index is 981. The van der Waals surface area contributed by atoms with Gasteiger partial charge < -0.3 is 10.1 Å². The highest BCUT2D eigenvalue weighted by molar-refractivity contribution is 8.15. The van der Waals surface area contributed by atoms with Crippen molar-refractivity contribution in [1.82, 2.24) is 5.32 Å². The lowest BCUT2D eigenvalue weighted by molar-refractivity contribution is -0.195. The maximum atomic E-state index is 14.1. The summed E-state index contributed by atoms with van der Waals surface area (Å²) < 4.78 is 47.7. The number of halogens is 4. The predicted molar refractivity (Wildman–Crippen MR) is 101 cm³/mol. The van der Waals surface area contributed by atoms with Gasteiger partial charge in [-0.05, 0) is 49.0 Å². The number of amidine groups is 1. The molecule has 2 aromatic carbocycles. The van der Waals surface area contributed by atoms with Crippen LogP contribution in [0.15, 0.2) is 52.4 Å². The molecular weight excluding hydrogens is 415 g/mol. The van der Waals surface area contributed by atoms with Gasteiger partial charge in [-0.15, -0.1) is 0 Å². The number of nitrogens with one attached hydrogen (secondary N) is 1. The van der Waals surface area contributed by atoms with Crippen molar-refractivity contribution in [3.05, 3.63) is 53.1 Å². The molecule has 0 aromatic heterocycles. The van der Waals surface area contributed by atoms with Crippen LogP contribution in [0.2, 0.25) is 5.02 Å². The molecule has 5 nitrogen and oxygen atoms in total. The topological polar surface area (TPSA) is 53.9 Å². The molecule has 2 amide bonds. The zero-order chi connectivity index (χ0) is 20.1. The van der Waals surface area contributed by atoms with E-state index in [-0.39, 0.29) is 15.8 Å². The number of hydrogen-bond acceptors (Lipinski definition) is 4. The minimum Gasteiger partial charge on any atom is -0.494 e. The number of thioether (sulfide) groups is 1. The van der Waals surface area contributed by atoms with Crippen LogP contribution in [0.25, 0.3) is 0 Å². The summed E-state index contributed by atoms with van der Waals surface area (Å²) in [5.41, 5.74) is -2.66. The van der Waals surface area contributed by atoms with E-state index in [4.69, 9.17) is 16.3 Å². The molecule has 1 atom stereocenters. The fourth-order valence-corrected chi connectivity index (χ4v) is 4.26. The predicted octanol–water partition coefficient (Wildman–Crippen LogP) is 5.15. The normalized spacial score (nSPS) is 21.0. The van der Waals surface area contributed by atoms with Crippen molar-refractivity contribution in [2.45, 2.75) is 23.7 Å². The van der Waals surface area contributed by atoms with Crippen LogP contribution in [0.1, 0.15) is 12.5 Å². The number of anilines is 1. The average molecular weight is 428 g/mol. The van der Waals surface area contributed by atoms with Crippen LogP contribution in [-0.2, 0) is 5.66 Å². The molecule has 0 radical (unpaired) electrons. The lowest BCUT2D eigenvalue weighted by Gasteiger charge is -2.38. The molecule has 0 bridgehead atoms. The van der Waals surface area contributed by atoms with Crippen molar-refractivity contribution in [3.63, 3.8) is 0 Å². The van der Waals surface area contributed by atoms with Crippen LogP contribution < -0.4 is 15.0 Å². The summed E-state index contributed by atoms with van der Waals surface area (Å²) in [6.45, 7) is 2.27. The first-order chi connectivity index (χ1) is 13.2. The highest BCUT2D eigenvalue weighted by Crippen LogP contribution is 2.49. The quantitative estimate of drug-likeness (QED) is 0.737. The van der Waals surface area contributed by atoms with Gasteiger partial charge in [-0.1, -0.05) is 23.7 Å². The van der Waals surface area contributed by atoms with Crippen molar-refractivity contribution >= 4 is 40.2 Å². The smallest absolute Gasteiger partial charge is 0.436 e. The van der Waals surface area contributed by atoms with E-state index in [9.17, 15) is 18.0 Å². The Kier molecular flexibility index (Phi) is 4.46. The Hall–Kier alpha value is -2.39. The molecule has 1 unspecified atom stereocenters. The molecule has 0 aliphatic carbocycles. The van der Waals surface area contributed by atoms with Crippen molar-refractivity contribution in [3.8, 4) is 5.75 Å². The van der Waals surface area contributed by atoms with Gasteiger partial charge in [0.2, 0.25) is 0 Å². The number of nitrogens with zero attached hydrogens (tertiary/aromatic N) is 2. The van der Waals surface area contributed by atoms with Gasteiger partial charge in [0.25, 0.3) is 5.66 Å². The van der Waals surface area contributed by atoms with E-state index in [0.29, 0.717) is 22.9 Å². The molecule has 146 valence electrons. The van der Waals surface area contributed by atoms with Gasteiger partial charge in [-0.2, -0.15) is 13.2 Å². The molecule has 10 heteroatoms. The highest BCUT2D eigenvalue weighted by Gasteiger charge is 2.61. The number of ether oxygens (including phenoxy) is 1. The van der Waals surface area contributed by atoms with Gasteiger partial charge in [-0.3, -0.25) is 0 Å². The first kappa shape index (κ1) is 18.9. The van der Waals surface area contributed by atoms with E-state index < -0.39 is 17.9 Å². The van der Waals surface area contributed by atoms with Crippen LogP contribution in [0, 0.1) is 0 Å². The number of alkyl halides is 3. The van der Waals surface area contributed by atoms with Gasteiger partial charge in [0.1, 0.15) is 5.75 Å². The number of carbonyl (C=O) groups excluding carboxylic acids is 1. The molecule has 2 aromatic rings. The van der Waals surface area contributed by atoms with E-state index >= 15 is 0 Å². The second kappa shape index (κ2) is 6.59. The molecule has 0 saturated heterocycles. The zero-order valence-electron chi connectivity index (χ0n) is 14.4. The molecule has 2 heterocycles. The largest absolute Gasteiger partial charge is 0.494 e. The summed E-state index contributed by atoms with van der Waals surface area (Å²) >= 11 is 6.79. The third kappa shape index (κ3) is 2.89. The Balaban J connectivity index is 1.83. The number of amides is 2. The molecule has 0 saturated carbocycles. The van der Waals surface area contributed by atoms with Crippen molar-refractivity contribution in [1.29, 1.82) is 0 Å². The Morgan fingerprint density at radius 2 is 1.96 bits per heavy atom. The van der Waals surface area contributed by atoms with Gasteiger partial charge in [0, 0.05) is 15.5 Å². The maximum absolute atomic E-state index is 14.1. The first-order valence-electron chi connectivity index (χ1n) is 8.25. The van der Waals surface area contributed by atoms with Crippen LogP contribution in [0.4, 0.5) is 23.7 Å². The standard InChI is InChI=1S/C18H13ClF3N3O2S/c1-2-27-12-7-8-13-14(9-12)28-16-24-17(18(20,21)22,23-15(26)25(13)16)10-3-5-11(19)6-4-10/h3-9H,2H2,1H3,(H,23,26). The minimum absolute atomic E-state index is 0.0559. The van der Waals surface area contributed by atoms with E-state index in [2.05, 4.69) is 4.99 Å². The second-order valence-electron chi connectivity index (χ2n) is 6.04. The van der Waals surface area contributed by atoms with Crippen LogP contribution in [0.5, 0.6) is 5.75 Å². The number of rotatable bonds is 3. The van der Waals surface area contributed by atoms with Crippen molar-refractivity contribution in [2.24, 2.45) is 4.99 Å². The SMILES string of the molecule is CCOc1ccc2c(c1)SC1=NC(c3ccc(Cl)cc3)(C(F)(F)F)NC(=O)N12. The average Bonchev–Trinajstić information content (AvgIpc) is 2.99. The highest BCUT2D eigenvalue weighted by atomic mass is 35.5. The first-order valence-corrected chi connectivity index (χ1v) is 9.44. The third-order valence-electron chi connectivity index (χ3n) is 4.30. The molecule has 4 rings (SSSR count). The zero-order valence-corrected chi connectivity index (χ0v) is 16.0. The van der Waals surface area contributed by atoms with Crippen LogP contribution >= 0.6 is 23.4 Å². The monoisotopic (exact) mass is 427 g/mol. The van der Waals surface area contributed by atoms with E-state index in [1.807, 2.05) is 12.2 Å². The Labute approximate surface area is 167 Å². The van der Waals surface area contributed by atoms with Crippen LogP contribution in [0.3, 0.4) is 0 Å². The third-order valence-corrected chi connectivity index (χ3v) is 5.56. The molecule has 2 aliphatic rings. The molecule has 2 aliphatic heterocycles. The summed E-state index contributed by atoms with van der Waals surface area (Å²) in [6.07, 6.45) is -4.86. The van der Waals surface area contributed by atoms with E-state index in [1.165, 1.54) is 24.3 Å². The minimum atomic E-state index is -4.86. The summed E-state index contributed by atoms with van der Waals surface area (Å²) in [4.78, 5) is 18.4. The summed E-state index contributed by atoms with van der Waals surface area (Å²) in [7, 11) is 0. The molecule has 28 heavy (non-hydrogen) atoms. The lowest BCUT2D eigenvalue weighted by atomic mass is 9.98. The number of carbonyl (C=O) groups is 1. The summed E-state index contributed by atoms with van der Waals surface area (Å²) in [6, 6.07) is 9.11. The summed E-state index contributed by atoms with van der Waals surface area (Å²) in [5.74, 6) is 0.564. The van der Waals surface area contributed by atoms with E-state index in [0.717, 1.165) is 16.7 Å². The van der Waals surface area contributed by atoms with Crippen LogP contribution in [-0.4, -0.2) is 24.0 Å². The fraction of sp³-hybridized carbons (Fsp3) is 0.222. The van der Waals surface area contributed by atoms with Gasteiger partial charge in [0.05, 0.1) is 12.3 Å². The number of benzene rings is 2. The van der Waals surface area contributed by atoms with Crippen molar-refractivity contribution < 1.29 is 22.7 Å². The van der Waals surface area contributed by atoms with Gasteiger partial charge in [-0.25, -0.2) is 14.7 Å². The summed E-state index contributed by atoms with van der Waals surface area (Å²) in [5, 5.41) is 2.27. The number of hydrogen-bond donors (Lipinski definition) is 1. The number of urea groups is 1. The molecule has 0 fully saturated rings.